The molecular weight excluding hydrogens is 458 g/mol. The Balaban J connectivity index is 2.94. The zero-order valence-corrected chi connectivity index (χ0v) is 20.4. The summed E-state index contributed by atoms with van der Waals surface area (Å²) in [7, 11) is 0. The zero-order chi connectivity index (χ0) is 26.4. The largest absolute Gasteiger partial charge is 0.463 e. The number of ether oxygens (including phenoxy) is 3. The Labute approximate surface area is 204 Å². The molecule has 35 heavy (non-hydrogen) atoms. The smallest absolute Gasteiger partial charge is 0.408 e. The van der Waals surface area contributed by atoms with Gasteiger partial charge in [-0.05, 0) is 39.7 Å². The van der Waals surface area contributed by atoms with Gasteiger partial charge in [0.05, 0.1) is 12.6 Å². The molecule has 0 aliphatic carbocycles. The minimum atomic E-state index is -1.12. The normalized spacial score (nSPS) is 12.8. The van der Waals surface area contributed by atoms with Crippen molar-refractivity contribution in [1.82, 2.24) is 10.6 Å². The van der Waals surface area contributed by atoms with Gasteiger partial charge >= 0.3 is 18.0 Å². The lowest BCUT2D eigenvalue weighted by atomic mass is 10.0. The second kappa shape index (κ2) is 14.4. The van der Waals surface area contributed by atoms with Crippen LogP contribution in [-0.2, 0) is 33.4 Å². The molecule has 0 unspecified atom stereocenters. The van der Waals surface area contributed by atoms with Gasteiger partial charge in [0.2, 0.25) is 11.8 Å². The van der Waals surface area contributed by atoms with E-state index in [0.717, 1.165) is 12.2 Å². The van der Waals surface area contributed by atoms with Crippen molar-refractivity contribution in [2.75, 3.05) is 13.2 Å². The van der Waals surface area contributed by atoms with E-state index in [4.69, 9.17) is 15.2 Å². The van der Waals surface area contributed by atoms with Crippen molar-refractivity contribution in [3.05, 3.63) is 48.0 Å². The molecule has 0 aromatic heterocycles. The van der Waals surface area contributed by atoms with Crippen LogP contribution < -0.4 is 16.4 Å². The third-order valence-electron chi connectivity index (χ3n) is 4.21. The van der Waals surface area contributed by atoms with Gasteiger partial charge in [-0.15, -0.1) is 0 Å². The average Bonchev–Trinajstić information content (AvgIpc) is 2.77. The number of benzene rings is 1. The topological polar surface area (TPSA) is 163 Å². The lowest BCUT2D eigenvalue weighted by molar-refractivity contribution is -0.141. The molecule has 11 heteroatoms. The van der Waals surface area contributed by atoms with Gasteiger partial charge in [-0.2, -0.15) is 0 Å². The van der Waals surface area contributed by atoms with Crippen molar-refractivity contribution in [2.45, 2.75) is 58.2 Å². The zero-order valence-electron chi connectivity index (χ0n) is 20.4. The van der Waals surface area contributed by atoms with Crippen LogP contribution in [0.25, 0.3) is 0 Å². The van der Waals surface area contributed by atoms with Gasteiger partial charge < -0.3 is 30.6 Å². The van der Waals surface area contributed by atoms with E-state index in [2.05, 4.69) is 15.4 Å². The average molecular weight is 492 g/mol. The van der Waals surface area contributed by atoms with E-state index >= 15 is 0 Å². The predicted octanol–water partition coefficient (Wildman–Crippen LogP) is 1.67. The molecule has 0 fully saturated rings. The highest BCUT2D eigenvalue weighted by Gasteiger charge is 2.28. The molecule has 0 saturated carbocycles. The molecule has 11 nitrogen and oxygen atoms in total. The molecule has 192 valence electrons. The van der Waals surface area contributed by atoms with Gasteiger partial charge in [-0.3, -0.25) is 9.59 Å². The summed E-state index contributed by atoms with van der Waals surface area (Å²) < 4.78 is 15.0. The van der Waals surface area contributed by atoms with Crippen LogP contribution in [-0.4, -0.2) is 54.7 Å². The number of nitrogens with two attached hydrogens (primary N) is 1. The number of primary amides is 1. The summed E-state index contributed by atoms with van der Waals surface area (Å²) in [5, 5.41) is 5.20. The standard InChI is InChI=1S/C24H33N3O8/c1-5-33-19(29)13-14-20(30)34-15-17(11-12-18(25)28)26-22(31)21(16-9-7-6-8-10-16)27-23(32)35-24(2,3)4/h6-10,13-14,17,21H,5,11-12,15H2,1-4H3,(H2,25,28)(H,26,31)(H,27,32)/b14-13+/t17-,21-/m0/s1. The van der Waals surface area contributed by atoms with Crippen molar-refractivity contribution in [3.8, 4) is 0 Å². The highest BCUT2D eigenvalue weighted by Crippen LogP contribution is 2.16. The van der Waals surface area contributed by atoms with Crippen LogP contribution >= 0.6 is 0 Å². The number of rotatable bonds is 12. The molecular formula is C24H33N3O8. The SMILES string of the molecule is CCOC(=O)/C=C/C(=O)OC[C@H](CCC(N)=O)NC(=O)[C@@H](NC(=O)OC(C)(C)C)c1ccccc1. The molecule has 1 rings (SSSR count). The summed E-state index contributed by atoms with van der Waals surface area (Å²) in [6.07, 6.45) is 0.993. The minimum absolute atomic E-state index is 0.0733. The monoisotopic (exact) mass is 491 g/mol. The van der Waals surface area contributed by atoms with Gasteiger partial charge in [0.15, 0.2) is 0 Å². The van der Waals surface area contributed by atoms with E-state index in [1.165, 1.54) is 0 Å². The Morgan fingerprint density at radius 3 is 2.11 bits per heavy atom. The van der Waals surface area contributed by atoms with Gasteiger partial charge in [-0.1, -0.05) is 30.3 Å². The Morgan fingerprint density at radius 1 is 0.971 bits per heavy atom. The van der Waals surface area contributed by atoms with Crippen molar-refractivity contribution >= 4 is 29.8 Å². The number of alkyl carbamates (subject to hydrolysis) is 1. The summed E-state index contributed by atoms with van der Waals surface area (Å²) in [6, 6.07) is 6.54. The van der Waals surface area contributed by atoms with Crippen LogP contribution in [0.15, 0.2) is 42.5 Å². The fraction of sp³-hybridized carbons (Fsp3) is 0.458. The Bertz CT molecular complexity index is 909. The molecule has 4 N–H and O–H groups in total. The number of hydrogen-bond acceptors (Lipinski definition) is 8. The summed E-state index contributed by atoms with van der Waals surface area (Å²) in [6.45, 7) is 6.53. The first-order valence-electron chi connectivity index (χ1n) is 11.1. The highest BCUT2D eigenvalue weighted by atomic mass is 16.6. The molecule has 1 aromatic carbocycles. The second-order valence-corrected chi connectivity index (χ2v) is 8.42. The van der Waals surface area contributed by atoms with E-state index in [-0.39, 0.29) is 26.1 Å². The van der Waals surface area contributed by atoms with Gasteiger partial charge in [0.25, 0.3) is 0 Å². The van der Waals surface area contributed by atoms with Crippen LogP contribution in [0.2, 0.25) is 0 Å². The molecule has 0 aliphatic heterocycles. The number of amides is 3. The molecule has 0 aliphatic rings. The first-order valence-corrected chi connectivity index (χ1v) is 11.1. The summed E-state index contributed by atoms with van der Waals surface area (Å²) in [5.41, 5.74) is 4.92. The fourth-order valence-corrected chi connectivity index (χ4v) is 2.73. The summed E-state index contributed by atoms with van der Waals surface area (Å²) in [4.78, 5) is 60.0. The van der Waals surface area contributed by atoms with Gasteiger partial charge in [0, 0.05) is 18.6 Å². The van der Waals surface area contributed by atoms with E-state index < -0.39 is 47.5 Å². The van der Waals surface area contributed by atoms with Crippen molar-refractivity contribution < 1.29 is 38.2 Å². The fourth-order valence-electron chi connectivity index (χ4n) is 2.73. The van der Waals surface area contributed by atoms with Crippen LogP contribution in [0.4, 0.5) is 4.79 Å². The van der Waals surface area contributed by atoms with Crippen molar-refractivity contribution in [3.63, 3.8) is 0 Å². The van der Waals surface area contributed by atoms with Crippen molar-refractivity contribution in [2.24, 2.45) is 5.73 Å². The van der Waals surface area contributed by atoms with Crippen LogP contribution in [0, 0.1) is 0 Å². The number of hydrogen-bond donors (Lipinski definition) is 3. The van der Waals surface area contributed by atoms with Crippen LogP contribution in [0.1, 0.15) is 52.1 Å². The summed E-state index contributed by atoms with van der Waals surface area (Å²) >= 11 is 0. The third kappa shape index (κ3) is 12.8. The number of esters is 2. The minimum Gasteiger partial charge on any atom is -0.463 e. The molecule has 3 amide bonds. The quantitative estimate of drug-likeness (QED) is 0.226. The van der Waals surface area contributed by atoms with E-state index in [1.807, 2.05) is 0 Å². The van der Waals surface area contributed by atoms with Gasteiger partial charge in [-0.25, -0.2) is 14.4 Å². The van der Waals surface area contributed by atoms with E-state index in [1.54, 1.807) is 58.0 Å². The molecule has 0 radical (unpaired) electrons. The lowest BCUT2D eigenvalue weighted by Gasteiger charge is -2.25. The van der Waals surface area contributed by atoms with Crippen molar-refractivity contribution in [1.29, 1.82) is 0 Å². The first kappa shape index (κ1) is 29.1. The lowest BCUT2D eigenvalue weighted by Crippen LogP contribution is -2.47. The van der Waals surface area contributed by atoms with Gasteiger partial charge in [0.1, 0.15) is 18.2 Å². The predicted molar refractivity (Wildman–Crippen MR) is 126 cm³/mol. The number of nitrogens with one attached hydrogen (secondary N) is 2. The molecule has 1 aromatic rings. The Kier molecular flexibility index (Phi) is 12.0. The van der Waals surface area contributed by atoms with Crippen LogP contribution in [0.5, 0.6) is 0 Å². The third-order valence-corrected chi connectivity index (χ3v) is 4.21. The molecule has 0 bridgehead atoms. The first-order chi connectivity index (χ1) is 16.4. The van der Waals surface area contributed by atoms with E-state index in [0.29, 0.717) is 5.56 Å². The van der Waals surface area contributed by atoms with E-state index in [9.17, 15) is 24.0 Å². The number of carbonyl (C=O) groups is 5. The number of carbonyl (C=O) groups excluding carboxylic acids is 5. The Morgan fingerprint density at radius 2 is 1.57 bits per heavy atom. The second-order valence-electron chi connectivity index (χ2n) is 8.42. The maximum absolute atomic E-state index is 13.1. The highest BCUT2D eigenvalue weighted by molar-refractivity contribution is 5.91. The maximum Gasteiger partial charge on any atom is 0.408 e. The summed E-state index contributed by atoms with van der Waals surface area (Å²) in [5.74, 6) is -2.77. The molecule has 0 spiro atoms. The molecule has 0 saturated heterocycles. The molecule has 2 atom stereocenters. The molecule has 0 heterocycles. The Hall–Kier alpha value is -3.89. The van der Waals surface area contributed by atoms with Crippen LogP contribution in [0.3, 0.4) is 0 Å². The maximum atomic E-state index is 13.1.